The van der Waals surface area contributed by atoms with Gasteiger partial charge in [-0.15, -0.1) is 0 Å². The Morgan fingerprint density at radius 3 is 2.15 bits per heavy atom. The number of nitrogens with one attached hydrogen (secondary N) is 1. The highest BCUT2D eigenvalue weighted by Crippen LogP contribution is 2.57. The van der Waals surface area contributed by atoms with Crippen LogP contribution in [-0.4, -0.2) is 79.0 Å². The number of nitrogens with two attached hydrogens (primary N) is 1. The third kappa shape index (κ3) is 7.91. The lowest BCUT2D eigenvalue weighted by Gasteiger charge is -2.36. The van der Waals surface area contributed by atoms with Gasteiger partial charge in [-0.05, 0) is 25.7 Å². The molecule has 0 amide bonds. The molecule has 0 spiro atoms. The summed E-state index contributed by atoms with van der Waals surface area (Å²) in [7, 11) is -5.30. The van der Waals surface area contributed by atoms with E-state index in [1.165, 1.54) is 10.9 Å². The Morgan fingerprint density at radius 2 is 1.67 bits per heavy atom. The minimum atomic E-state index is -5.30. The first kappa shape index (κ1) is 30.3. The van der Waals surface area contributed by atoms with Gasteiger partial charge in [0.15, 0.2) is 11.2 Å². The highest BCUT2D eigenvalue weighted by Gasteiger charge is 2.59. The molecule has 17 heteroatoms. The fourth-order valence-corrected chi connectivity index (χ4v) is 4.36. The maximum atomic E-state index is 12.8. The zero-order valence-corrected chi connectivity index (χ0v) is 22.7. The van der Waals surface area contributed by atoms with E-state index in [1.54, 1.807) is 0 Å². The van der Waals surface area contributed by atoms with Crippen LogP contribution in [0.4, 0.5) is 15.5 Å². The number of hydrogen-bond donors (Lipinski definition) is 4. The van der Waals surface area contributed by atoms with Crippen LogP contribution in [0.1, 0.15) is 52.4 Å². The van der Waals surface area contributed by atoms with Crippen molar-refractivity contribution in [1.29, 1.82) is 0 Å². The zero-order valence-electron chi connectivity index (χ0n) is 21.8. The second-order valence-corrected chi connectivity index (χ2v) is 11.2. The van der Waals surface area contributed by atoms with E-state index in [-0.39, 0.29) is 36.9 Å². The lowest BCUT2D eigenvalue weighted by Crippen LogP contribution is -2.48. The molecule has 0 radical (unpaired) electrons. The van der Waals surface area contributed by atoms with E-state index < -0.39 is 49.6 Å². The zero-order chi connectivity index (χ0) is 28.7. The van der Waals surface area contributed by atoms with Crippen LogP contribution in [0.25, 0.3) is 11.2 Å². The summed E-state index contributed by atoms with van der Waals surface area (Å²) in [6, 6.07) is 0. The number of aromatic nitrogens is 4. The van der Waals surface area contributed by atoms with Crippen LogP contribution in [0, 0.1) is 0 Å². The van der Waals surface area contributed by atoms with Gasteiger partial charge in [0.1, 0.15) is 13.2 Å². The largest absolute Gasteiger partial charge is 0.508 e. The first-order valence-corrected chi connectivity index (χ1v) is 14.1. The Hall–Kier alpha value is -3.20. The molecule has 1 fully saturated rings. The Labute approximate surface area is 223 Å². The van der Waals surface area contributed by atoms with E-state index >= 15 is 0 Å². The predicted molar refractivity (Wildman–Crippen MR) is 135 cm³/mol. The van der Waals surface area contributed by atoms with Crippen LogP contribution in [0.2, 0.25) is 0 Å². The van der Waals surface area contributed by atoms with Gasteiger partial charge in [-0.3, -0.25) is 14.3 Å². The Balaban J connectivity index is 1.85. The van der Waals surface area contributed by atoms with E-state index in [4.69, 9.17) is 29.4 Å². The Bertz CT molecular complexity index is 1230. The van der Waals surface area contributed by atoms with Gasteiger partial charge in [-0.25, -0.2) is 14.6 Å². The monoisotopic (exact) mass is 575 g/mol. The predicted octanol–water partition coefficient (Wildman–Crippen LogP) is 2.03. The van der Waals surface area contributed by atoms with Crippen molar-refractivity contribution in [3.05, 3.63) is 16.7 Å². The standard InChI is InChI=1S/C22H34N5O11P/c1-3-5-9-34-19(29)36-12-22(39(31,32)33,13-37-20(30)35-10-6-4-2)38-21(7-8-21)11-27-14-24-15-16(27)25-18(23)26-17(15)28/h14H,3-13H2,1-2H3,(H2,31,32,33)(H3,23,25,26,28). The summed E-state index contributed by atoms with van der Waals surface area (Å²) in [5.41, 5.74) is 4.03. The summed E-state index contributed by atoms with van der Waals surface area (Å²) in [6.07, 6.45) is 2.25. The average Bonchev–Trinajstić information content (AvgIpc) is 3.50. The quantitative estimate of drug-likeness (QED) is 0.135. The van der Waals surface area contributed by atoms with Crippen molar-refractivity contribution >= 4 is 37.0 Å². The van der Waals surface area contributed by atoms with Crippen LogP contribution in [0.5, 0.6) is 0 Å². The third-order valence-corrected chi connectivity index (χ3v) is 7.37. The molecule has 16 nitrogen and oxygen atoms in total. The Morgan fingerprint density at radius 1 is 1.10 bits per heavy atom. The molecule has 1 aliphatic rings. The summed E-state index contributed by atoms with van der Waals surface area (Å²) < 4.78 is 40.2. The molecule has 0 aromatic carbocycles. The number of nitrogen functional groups attached to an aromatic ring is 1. The van der Waals surface area contributed by atoms with Crippen LogP contribution in [0.3, 0.4) is 0 Å². The van der Waals surface area contributed by atoms with E-state index in [9.17, 15) is 28.7 Å². The van der Waals surface area contributed by atoms with E-state index in [0.29, 0.717) is 25.7 Å². The minimum Gasteiger partial charge on any atom is -0.434 e. The third-order valence-electron chi connectivity index (χ3n) is 5.96. The molecule has 218 valence electrons. The van der Waals surface area contributed by atoms with E-state index in [1.807, 2.05) is 13.8 Å². The fraction of sp³-hybridized carbons (Fsp3) is 0.682. The van der Waals surface area contributed by atoms with Crippen LogP contribution < -0.4 is 11.3 Å². The molecule has 2 aromatic rings. The number of hydrogen-bond acceptors (Lipinski definition) is 12. The number of aromatic amines is 1. The summed E-state index contributed by atoms with van der Waals surface area (Å²) in [5, 5.41) is -2.59. The van der Waals surface area contributed by atoms with Crippen molar-refractivity contribution in [2.45, 2.75) is 69.9 Å². The van der Waals surface area contributed by atoms with Gasteiger partial charge < -0.3 is 43.8 Å². The van der Waals surface area contributed by atoms with Crippen LogP contribution >= 0.6 is 7.60 Å². The number of unbranched alkanes of at least 4 members (excludes halogenated alkanes) is 2. The highest BCUT2D eigenvalue weighted by atomic mass is 31.2. The lowest BCUT2D eigenvalue weighted by molar-refractivity contribution is -0.131. The summed E-state index contributed by atoms with van der Waals surface area (Å²) in [6.45, 7) is 1.86. The molecule has 0 atom stereocenters. The maximum Gasteiger partial charge on any atom is 0.508 e. The molecular formula is C22H34N5O11P. The highest BCUT2D eigenvalue weighted by molar-refractivity contribution is 7.53. The molecule has 1 saturated carbocycles. The van der Waals surface area contributed by atoms with Gasteiger partial charge in [-0.1, -0.05) is 26.7 Å². The number of H-pyrrole nitrogens is 1. The van der Waals surface area contributed by atoms with Crippen molar-refractivity contribution in [3.63, 3.8) is 0 Å². The molecule has 0 aliphatic heterocycles. The number of carbonyl (C=O) groups is 2. The molecule has 0 saturated heterocycles. The number of ether oxygens (including phenoxy) is 5. The fourth-order valence-electron chi connectivity index (χ4n) is 3.59. The van der Waals surface area contributed by atoms with E-state index in [2.05, 4.69) is 15.0 Å². The van der Waals surface area contributed by atoms with Crippen molar-refractivity contribution in [1.82, 2.24) is 19.5 Å². The van der Waals surface area contributed by atoms with Gasteiger partial charge >= 0.3 is 19.9 Å². The smallest absolute Gasteiger partial charge is 0.434 e. The van der Waals surface area contributed by atoms with Crippen molar-refractivity contribution in [3.8, 4) is 0 Å². The van der Waals surface area contributed by atoms with Crippen molar-refractivity contribution in [2.75, 3.05) is 32.2 Å². The number of rotatable bonds is 15. The average molecular weight is 576 g/mol. The minimum absolute atomic E-state index is 0.0116. The van der Waals surface area contributed by atoms with Crippen LogP contribution in [0.15, 0.2) is 11.1 Å². The number of nitrogens with zero attached hydrogens (tertiary/aromatic N) is 3. The van der Waals surface area contributed by atoms with Gasteiger partial charge in [-0.2, -0.15) is 4.98 Å². The van der Waals surface area contributed by atoms with Gasteiger partial charge in [0.25, 0.3) is 5.56 Å². The summed E-state index contributed by atoms with van der Waals surface area (Å²) >= 11 is 0. The molecule has 39 heavy (non-hydrogen) atoms. The first-order valence-electron chi connectivity index (χ1n) is 12.5. The van der Waals surface area contributed by atoms with Gasteiger partial charge in [0.2, 0.25) is 11.3 Å². The molecule has 2 heterocycles. The second kappa shape index (κ2) is 12.8. The number of carbonyl (C=O) groups excluding carboxylic acids is 2. The molecule has 0 bridgehead atoms. The maximum absolute atomic E-state index is 12.8. The molecule has 2 aromatic heterocycles. The molecule has 0 unspecified atom stereocenters. The SMILES string of the molecule is CCCCOC(=O)OCC(COC(=O)OCCCC)(OC1(Cn2cnc3c(=O)[nH]c(N)nc32)CC1)P(=O)(O)O. The number of anilines is 1. The van der Waals surface area contributed by atoms with E-state index in [0.717, 1.165) is 12.8 Å². The Kier molecular flexibility index (Phi) is 9.93. The van der Waals surface area contributed by atoms with Gasteiger partial charge in [0.05, 0.1) is 31.7 Å². The summed E-state index contributed by atoms with van der Waals surface area (Å²) in [5.74, 6) is -0.144. The molecular weight excluding hydrogens is 541 g/mol. The first-order chi connectivity index (χ1) is 18.4. The number of imidazole rings is 1. The van der Waals surface area contributed by atoms with Crippen molar-refractivity contribution < 1.29 is 47.6 Å². The van der Waals surface area contributed by atoms with Crippen molar-refractivity contribution in [2.24, 2.45) is 0 Å². The summed E-state index contributed by atoms with van der Waals surface area (Å²) in [4.78, 5) is 67.5. The molecule has 5 N–H and O–H groups in total. The van der Waals surface area contributed by atoms with Gasteiger partial charge in [0, 0.05) is 0 Å². The molecule has 3 rings (SSSR count). The normalized spacial score (nSPS) is 14.7. The second-order valence-electron chi connectivity index (χ2n) is 9.25. The number of fused-ring (bicyclic) bond motifs is 1. The topological polar surface area (TPSA) is 227 Å². The lowest BCUT2D eigenvalue weighted by atomic mass is 10.3. The van der Waals surface area contributed by atoms with Crippen LogP contribution in [-0.2, 0) is 34.8 Å². The molecule has 1 aliphatic carbocycles.